The van der Waals surface area contributed by atoms with Crippen molar-refractivity contribution in [3.05, 3.63) is 70.2 Å². The van der Waals surface area contributed by atoms with Crippen molar-refractivity contribution < 1.29 is 9.84 Å². The molecule has 0 radical (unpaired) electrons. The number of halogens is 1. The second-order valence-electron chi connectivity index (χ2n) is 5.92. The maximum absolute atomic E-state index is 10.4. The summed E-state index contributed by atoms with van der Waals surface area (Å²) in [7, 11) is 0. The summed E-state index contributed by atoms with van der Waals surface area (Å²) in [5.74, 6) is 0. The van der Waals surface area contributed by atoms with Crippen LogP contribution in [0.1, 0.15) is 28.9 Å². The lowest BCUT2D eigenvalue weighted by atomic mass is 10.0. The third-order valence-electron chi connectivity index (χ3n) is 4.25. The first-order valence-electron chi connectivity index (χ1n) is 7.93. The molecule has 1 heterocycles. The van der Waals surface area contributed by atoms with Gasteiger partial charge in [0.25, 0.3) is 0 Å². The van der Waals surface area contributed by atoms with Gasteiger partial charge in [-0.2, -0.15) is 5.26 Å². The van der Waals surface area contributed by atoms with E-state index in [1.165, 1.54) is 0 Å². The molecule has 0 aromatic heterocycles. The predicted molar refractivity (Wildman–Crippen MR) is 92.7 cm³/mol. The van der Waals surface area contributed by atoms with Crippen LogP contribution in [0.15, 0.2) is 48.5 Å². The van der Waals surface area contributed by atoms with Crippen LogP contribution >= 0.6 is 11.6 Å². The fourth-order valence-corrected chi connectivity index (χ4v) is 3.00. The Morgan fingerprint density at radius 1 is 1.21 bits per heavy atom. The third-order valence-corrected chi connectivity index (χ3v) is 4.50. The van der Waals surface area contributed by atoms with Crippen LogP contribution in [0.5, 0.6) is 0 Å². The lowest BCUT2D eigenvalue weighted by molar-refractivity contribution is -0.0424. The van der Waals surface area contributed by atoms with Gasteiger partial charge in [-0.25, -0.2) is 0 Å². The Balaban J connectivity index is 1.62. The van der Waals surface area contributed by atoms with Crippen molar-refractivity contribution in [2.24, 2.45) is 0 Å². The normalized spacial score (nSPS) is 19.6. The molecule has 1 saturated heterocycles. The van der Waals surface area contributed by atoms with Gasteiger partial charge in [-0.05, 0) is 35.4 Å². The van der Waals surface area contributed by atoms with E-state index in [4.69, 9.17) is 21.6 Å². The van der Waals surface area contributed by atoms with Gasteiger partial charge in [0.2, 0.25) is 0 Å². The highest BCUT2D eigenvalue weighted by molar-refractivity contribution is 6.30. The van der Waals surface area contributed by atoms with E-state index in [0.29, 0.717) is 23.7 Å². The molecule has 2 atom stereocenters. The van der Waals surface area contributed by atoms with Crippen LogP contribution in [0.25, 0.3) is 0 Å². The number of morpholine rings is 1. The Morgan fingerprint density at radius 3 is 2.58 bits per heavy atom. The molecule has 2 unspecified atom stereocenters. The summed E-state index contributed by atoms with van der Waals surface area (Å²) >= 11 is 5.93. The fourth-order valence-electron chi connectivity index (χ4n) is 2.88. The number of ether oxygens (including phenoxy) is 1. The van der Waals surface area contributed by atoms with Crippen LogP contribution in [-0.4, -0.2) is 36.2 Å². The van der Waals surface area contributed by atoms with E-state index in [1.54, 1.807) is 24.3 Å². The van der Waals surface area contributed by atoms with Crippen molar-refractivity contribution in [1.82, 2.24) is 4.90 Å². The van der Waals surface area contributed by atoms with E-state index < -0.39 is 6.10 Å². The number of rotatable bonds is 4. The van der Waals surface area contributed by atoms with Crippen molar-refractivity contribution >= 4 is 11.6 Å². The number of nitrogens with zero attached hydrogens (tertiary/aromatic N) is 2. The minimum atomic E-state index is -0.582. The summed E-state index contributed by atoms with van der Waals surface area (Å²) < 4.78 is 5.85. The minimum absolute atomic E-state index is 0.0100. The van der Waals surface area contributed by atoms with E-state index in [9.17, 15) is 5.11 Å². The smallest absolute Gasteiger partial charge is 0.0991 e. The van der Waals surface area contributed by atoms with Crippen molar-refractivity contribution in [2.45, 2.75) is 12.2 Å². The van der Waals surface area contributed by atoms with Gasteiger partial charge in [0, 0.05) is 24.7 Å². The lowest BCUT2D eigenvalue weighted by Gasteiger charge is -2.34. The number of hydrogen-bond donors (Lipinski definition) is 1. The molecule has 0 spiro atoms. The average molecular weight is 343 g/mol. The number of β-amino-alcohol motifs (C(OH)–C–C–N with tert-alkyl or cyclic N) is 1. The first-order valence-corrected chi connectivity index (χ1v) is 8.31. The van der Waals surface area contributed by atoms with Gasteiger partial charge in [0.15, 0.2) is 0 Å². The predicted octanol–water partition coefficient (Wildman–Crippen LogP) is 3.32. The Kier molecular flexibility index (Phi) is 5.49. The van der Waals surface area contributed by atoms with Crippen LogP contribution in [0.2, 0.25) is 5.02 Å². The molecule has 1 N–H and O–H groups in total. The fraction of sp³-hybridized carbons (Fsp3) is 0.316. The summed E-state index contributed by atoms with van der Waals surface area (Å²) in [6, 6.07) is 16.8. The van der Waals surface area contributed by atoms with E-state index >= 15 is 0 Å². The van der Waals surface area contributed by atoms with Crippen LogP contribution < -0.4 is 0 Å². The van der Waals surface area contributed by atoms with E-state index in [0.717, 1.165) is 24.2 Å². The quantitative estimate of drug-likeness (QED) is 0.926. The third kappa shape index (κ3) is 4.14. The zero-order chi connectivity index (χ0) is 16.9. The van der Waals surface area contributed by atoms with E-state index in [-0.39, 0.29) is 6.10 Å². The molecule has 1 fully saturated rings. The minimum Gasteiger partial charge on any atom is -0.387 e. The lowest BCUT2D eigenvalue weighted by Crippen LogP contribution is -2.40. The highest BCUT2D eigenvalue weighted by Gasteiger charge is 2.24. The average Bonchev–Trinajstić information content (AvgIpc) is 2.62. The molecule has 2 aromatic rings. The molecule has 0 saturated carbocycles. The van der Waals surface area contributed by atoms with Gasteiger partial charge in [-0.3, -0.25) is 4.90 Å². The highest BCUT2D eigenvalue weighted by Crippen LogP contribution is 2.25. The molecule has 4 nitrogen and oxygen atoms in total. The second kappa shape index (κ2) is 7.78. The van der Waals surface area contributed by atoms with Crippen molar-refractivity contribution in [1.29, 1.82) is 5.26 Å². The monoisotopic (exact) mass is 342 g/mol. The molecule has 2 aromatic carbocycles. The summed E-state index contributed by atoms with van der Waals surface area (Å²) in [4.78, 5) is 2.20. The Labute approximate surface area is 146 Å². The summed E-state index contributed by atoms with van der Waals surface area (Å²) in [5, 5.41) is 20.0. The van der Waals surface area contributed by atoms with Crippen molar-refractivity contribution in [3.8, 4) is 6.07 Å². The summed E-state index contributed by atoms with van der Waals surface area (Å²) in [6.07, 6.45) is -0.592. The molecule has 124 valence electrons. The number of aliphatic hydroxyl groups is 1. The molecule has 3 rings (SSSR count). The van der Waals surface area contributed by atoms with Crippen LogP contribution in [0, 0.1) is 11.3 Å². The number of aliphatic hydroxyl groups excluding tert-OH is 1. The summed E-state index contributed by atoms with van der Waals surface area (Å²) in [5.41, 5.74) is 2.51. The van der Waals surface area contributed by atoms with Crippen LogP contribution in [-0.2, 0) is 4.74 Å². The molecule has 1 aliphatic rings. The zero-order valence-corrected chi connectivity index (χ0v) is 14.0. The Morgan fingerprint density at radius 2 is 1.92 bits per heavy atom. The van der Waals surface area contributed by atoms with E-state index in [2.05, 4.69) is 11.0 Å². The topological polar surface area (TPSA) is 56.5 Å². The van der Waals surface area contributed by atoms with Crippen molar-refractivity contribution in [3.63, 3.8) is 0 Å². The molecule has 0 aliphatic carbocycles. The molecule has 0 bridgehead atoms. The van der Waals surface area contributed by atoms with Gasteiger partial charge >= 0.3 is 0 Å². The SMILES string of the molecule is N#Cc1ccc(C(O)CN2CCOC(c3ccc(Cl)cc3)C2)cc1. The largest absolute Gasteiger partial charge is 0.387 e. The first kappa shape index (κ1) is 16.9. The standard InChI is InChI=1S/C19H19ClN2O2/c20-17-7-5-16(6-8-17)19-13-22(9-10-24-19)12-18(23)15-3-1-14(11-21)2-4-15/h1-8,18-19,23H,9-10,12-13H2. The van der Waals surface area contributed by atoms with Gasteiger partial charge in [-0.15, -0.1) is 0 Å². The Bertz CT molecular complexity index is 710. The number of nitriles is 1. The molecular formula is C19H19ClN2O2. The highest BCUT2D eigenvalue weighted by atomic mass is 35.5. The zero-order valence-electron chi connectivity index (χ0n) is 13.2. The molecule has 5 heteroatoms. The van der Waals surface area contributed by atoms with Crippen molar-refractivity contribution in [2.75, 3.05) is 26.2 Å². The summed E-state index contributed by atoms with van der Waals surface area (Å²) in [6.45, 7) is 2.69. The molecular weight excluding hydrogens is 324 g/mol. The molecule has 24 heavy (non-hydrogen) atoms. The molecule has 0 amide bonds. The van der Waals surface area contributed by atoms with Crippen LogP contribution in [0.3, 0.4) is 0 Å². The van der Waals surface area contributed by atoms with Crippen LogP contribution in [0.4, 0.5) is 0 Å². The maximum Gasteiger partial charge on any atom is 0.0991 e. The van der Waals surface area contributed by atoms with E-state index in [1.807, 2.05) is 24.3 Å². The maximum atomic E-state index is 10.4. The Hall–Kier alpha value is -1.90. The van der Waals surface area contributed by atoms with Gasteiger partial charge < -0.3 is 9.84 Å². The van der Waals surface area contributed by atoms with Gasteiger partial charge in [0.1, 0.15) is 0 Å². The van der Waals surface area contributed by atoms with Gasteiger partial charge in [-0.1, -0.05) is 35.9 Å². The number of hydrogen-bond acceptors (Lipinski definition) is 4. The van der Waals surface area contributed by atoms with Gasteiger partial charge in [0.05, 0.1) is 30.4 Å². The first-order chi connectivity index (χ1) is 11.7. The second-order valence-corrected chi connectivity index (χ2v) is 6.36. The molecule has 1 aliphatic heterocycles. The number of benzene rings is 2.